The van der Waals surface area contributed by atoms with Crippen LogP contribution in [0.5, 0.6) is 5.75 Å². The third-order valence-electron chi connectivity index (χ3n) is 5.94. The Balaban J connectivity index is 1.45. The summed E-state index contributed by atoms with van der Waals surface area (Å²) < 4.78 is 6.18. The number of likely N-dealkylation sites (tertiary alicyclic amines) is 2. The molecule has 1 unspecified atom stereocenters. The number of fused-ring (bicyclic) bond motifs is 1. The van der Waals surface area contributed by atoms with Crippen molar-refractivity contribution < 1.29 is 19.1 Å². The maximum absolute atomic E-state index is 12.6. The van der Waals surface area contributed by atoms with Gasteiger partial charge in [0.2, 0.25) is 11.8 Å². The van der Waals surface area contributed by atoms with Crippen molar-refractivity contribution in [3.63, 3.8) is 0 Å². The summed E-state index contributed by atoms with van der Waals surface area (Å²) in [5, 5.41) is 2.98. The molecule has 3 heterocycles. The van der Waals surface area contributed by atoms with Gasteiger partial charge < -0.3 is 19.9 Å². The maximum atomic E-state index is 12.6. The Morgan fingerprint density at radius 2 is 1.93 bits per heavy atom. The molecule has 7 nitrogen and oxygen atoms in total. The first-order valence-corrected chi connectivity index (χ1v) is 10.1. The highest BCUT2D eigenvalue weighted by Gasteiger charge is 2.43. The predicted octanol–water partition coefficient (Wildman–Crippen LogP) is 1.84. The molecule has 0 saturated carbocycles. The summed E-state index contributed by atoms with van der Waals surface area (Å²) in [6.45, 7) is 3.98. The normalized spacial score (nSPS) is 25.0. The zero-order valence-electron chi connectivity index (χ0n) is 16.3. The maximum Gasteiger partial charge on any atom is 0.258 e. The highest BCUT2D eigenvalue weighted by molar-refractivity contribution is 5.98. The van der Waals surface area contributed by atoms with Crippen molar-refractivity contribution in [3.05, 3.63) is 29.3 Å². The number of nitrogens with one attached hydrogen (secondary N) is 1. The fourth-order valence-corrected chi connectivity index (χ4v) is 4.25. The van der Waals surface area contributed by atoms with Crippen molar-refractivity contribution in [1.29, 1.82) is 0 Å². The molecular formula is C21H27N3O4. The number of carbonyl (C=O) groups is 3. The molecule has 0 bridgehead atoms. The number of amides is 3. The standard InChI is InChI=1S/C21H27N3O4/c1-15-5-6-17-16(13-15)20(27)22-21(28-17)8-7-18(25)24(12-9-21)14-19(26)23-10-3-2-4-11-23/h5-6,13H,2-4,7-12,14H2,1H3,(H,22,27). The molecule has 3 amide bonds. The Hall–Kier alpha value is -2.57. The van der Waals surface area contributed by atoms with E-state index in [1.807, 2.05) is 30.0 Å². The highest BCUT2D eigenvalue weighted by Crippen LogP contribution is 2.34. The van der Waals surface area contributed by atoms with E-state index < -0.39 is 5.72 Å². The molecular weight excluding hydrogens is 358 g/mol. The van der Waals surface area contributed by atoms with Gasteiger partial charge in [0, 0.05) is 38.9 Å². The Morgan fingerprint density at radius 3 is 2.71 bits per heavy atom. The lowest BCUT2D eigenvalue weighted by Crippen LogP contribution is -2.56. The van der Waals surface area contributed by atoms with Crippen LogP contribution in [0.2, 0.25) is 0 Å². The van der Waals surface area contributed by atoms with Gasteiger partial charge in [-0.1, -0.05) is 11.6 Å². The van der Waals surface area contributed by atoms with Crippen LogP contribution in [0.1, 0.15) is 54.4 Å². The van der Waals surface area contributed by atoms with Gasteiger partial charge in [-0.05, 0) is 38.3 Å². The van der Waals surface area contributed by atoms with E-state index >= 15 is 0 Å². The van der Waals surface area contributed by atoms with E-state index in [0.29, 0.717) is 30.7 Å². The molecule has 0 radical (unpaired) electrons. The van der Waals surface area contributed by atoms with Crippen molar-refractivity contribution in [2.45, 2.75) is 51.2 Å². The van der Waals surface area contributed by atoms with Gasteiger partial charge in [-0.15, -0.1) is 0 Å². The number of piperidine rings is 1. The van der Waals surface area contributed by atoms with E-state index in [2.05, 4.69) is 5.32 Å². The van der Waals surface area contributed by atoms with E-state index in [4.69, 9.17) is 4.74 Å². The topological polar surface area (TPSA) is 79.0 Å². The third kappa shape index (κ3) is 3.70. The average molecular weight is 385 g/mol. The first-order valence-electron chi connectivity index (χ1n) is 10.1. The molecule has 7 heteroatoms. The number of hydrogen-bond acceptors (Lipinski definition) is 4. The zero-order valence-corrected chi connectivity index (χ0v) is 16.3. The first kappa shape index (κ1) is 18.8. The number of nitrogens with zero attached hydrogens (tertiary/aromatic N) is 2. The Kier molecular flexibility index (Phi) is 5.00. The number of aryl methyl sites for hydroxylation is 1. The Labute approximate surface area is 165 Å². The van der Waals surface area contributed by atoms with Gasteiger partial charge >= 0.3 is 0 Å². The fourth-order valence-electron chi connectivity index (χ4n) is 4.25. The number of ether oxygens (including phenoxy) is 1. The lowest BCUT2D eigenvalue weighted by molar-refractivity contribution is -0.140. The first-order chi connectivity index (χ1) is 13.5. The van der Waals surface area contributed by atoms with Crippen molar-refractivity contribution in [3.8, 4) is 5.75 Å². The summed E-state index contributed by atoms with van der Waals surface area (Å²) >= 11 is 0. The molecule has 3 aliphatic heterocycles. The molecule has 2 fully saturated rings. The van der Waals surface area contributed by atoms with Gasteiger partial charge in [0.05, 0.1) is 12.1 Å². The van der Waals surface area contributed by atoms with E-state index in [-0.39, 0.29) is 30.7 Å². The monoisotopic (exact) mass is 385 g/mol. The van der Waals surface area contributed by atoms with Gasteiger partial charge in [-0.3, -0.25) is 14.4 Å². The third-order valence-corrected chi connectivity index (χ3v) is 5.94. The highest BCUT2D eigenvalue weighted by atomic mass is 16.5. The molecule has 1 aromatic carbocycles. The second kappa shape index (κ2) is 7.45. The minimum Gasteiger partial charge on any atom is -0.467 e. The number of benzene rings is 1. The lowest BCUT2D eigenvalue weighted by atomic mass is 9.99. The Morgan fingerprint density at radius 1 is 1.14 bits per heavy atom. The molecule has 1 atom stereocenters. The van der Waals surface area contributed by atoms with E-state index in [1.54, 1.807) is 4.90 Å². The van der Waals surface area contributed by atoms with Crippen molar-refractivity contribution in [2.75, 3.05) is 26.2 Å². The molecule has 1 N–H and O–H groups in total. The quantitative estimate of drug-likeness (QED) is 0.843. The van der Waals surface area contributed by atoms with Gasteiger partial charge in [-0.25, -0.2) is 0 Å². The van der Waals surface area contributed by atoms with Gasteiger partial charge in [-0.2, -0.15) is 0 Å². The SMILES string of the molecule is Cc1ccc2c(c1)C(=O)NC1(CCC(=O)N(CC(=O)N3CCCCC3)CC1)O2. The van der Waals surface area contributed by atoms with Crippen LogP contribution in [0.3, 0.4) is 0 Å². The summed E-state index contributed by atoms with van der Waals surface area (Å²) in [4.78, 5) is 41.3. The summed E-state index contributed by atoms with van der Waals surface area (Å²) in [6, 6.07) is 5.54. The van der Waals surface area contributed by atoms with Crippen LogP contribution in [0.15, 0.2) is 18.2 Å². The van der Waals surface area contributed by atoms with Crippen molar-refractivity contribution >= 4 is 17.7 Å². The van der Waals surface area contributed by atoms with Crippen molar-refractivity contribution in [1.82, 2.24) is 15.1 Å². The fraction of sp³-hybridized carbons (Fsp3) is 0.571. The molecule has 2 saturated heterocycles. The molecule has 28 heavy (non-hydrogen) atoms. The van der Waals surface area contributed by atoms with E-state index in [9.17, 15) is 14.4 Å². The van der Waals surface area contributed by atoms with E-state index in [0.717, 1.165) is 37.9 Å². The molecule has 150 valence electrons. The average Bonchev–Trinajstić information content (AvgIpc) is 2.84. The van der Waals surface area contributed by atoms with E-state index in [1.165, 1.54) is 0 Å². The molecule has 3 aliphatic rings. The molecule has 1 aromatic rings. The van der Waals surface area contributed by atoms with Crippen LogP contribution in [0.4, 0.5) is 0 Å². The molecule has 4 rings (SSSR count). The number of hydrogen-bond donors (Lipinski definition) is 1. The summed E-state index contributed by atoms with van der Waals surface area (Å²) in [5.41, 5.74) is 0.628. The predicted molar refractivity (Wildman–Crippen MR) is 103 cm³/mol. The lowest BCUT2D eigenvalue weighted by Gasteiger charge is -2.38. The van der Waals surface area contributed by atoms with Crippen LogP contribution in [-0.4, -0.2) is 59.4 Å². The second-order valence-corrected chi connectivity index (χ2v) is 8.06. The van der Waals surface area contributed by atoms with Crippen molar-refractivity contribution in [2.24, 2.45) is 0 Å². The Bertz CT molecular complexity index is 803. The van der Waals surface area contributed by atoms with Gasteiger partial charge in [0.15, 0.2) is 5.72 Å². The second-order valence-electron chi connectivity index (χ2n) is 8.06. The van der Waals surface area contributed by atoms with Gasteiger partial charge in [0.1, 0.15) is 5.75 Å². The van der Waals surface area contributed by atoms with Crippen LogP contribution in [0.25, 0.3) is 0 Å². The molecule has 0 aromatic heterocycles. The zero-order chi connectivity index (χ0) is 19.7. The van der Waals surface area contributed by atoms with Crippen LogP contribution in [-0.2, 0) is 9.59 Å². The minimum atomic E-state index is -0.891. The summed E-state index contributed by atoms with van der Waals surface area (Å²) in [7, 11) is 0. The van der Waals surface area contributed by atoms with Crippen LogP contribution in [0, 0.1) is 6.92 Å². The van der Waals surface area contributed by atoms with Gasteiger partial charge in [0.25, 0.3) is 5.91 Å². The summed E-state index contributed by atoms with van der Waals surface area (Å²) in [5.74, 6) is 0.336. The number of carbonyl (C=O) groups excluding carboxylic acids is 3. The number of rotatable bonds is 2. The van der Waals surface area contributed by atoms with Crippen LogP contribution >= 0.6 is 0 Å². The largest absolute Gasteiger partial charge is 0.467 e. The summed E-state index contributed by atoms with van der Waals surface area (Å²) in [6.07, 6.45) is 4.33. The smallest absolute Gasteiger partial charge is 0.258 e. The molecule has 0 aliphatic carbocycles. The van der Waals surface area contributed by atoms with Crippen LogP contribution < -0.4 is 10.1 Å². The molecule has 1 spiro atoms. The minimum absolute atomic E-state index is 0.0124.